The normalized spacial score (nSPS) is 19.8. The van der Waals surface area contributed by atoms with Crippen LogP contribution in [0.5, 0.6) is 0 Å². The van der Waals surface area contributed by atoms with E-state index in [9.17, 15) is 0 Å². The lowest BCUT2D eigenvalue weighted by molar-refractivity contribution is 0.132. The predicted octanol–water partition coefficient (Wildman–Crippen LogP) is 1.28. The molecule has 94 valence electrons. The summed E-state index contributed by atoms with van der Waals surface area (Å²) >= 11 is 0. The van der Waals surface area contributed by atoms with E-state index in [0.29, 0.717) is 6.04 Å². The fraction of sp³-hybridized carbons (Fsp3) is 0.571. The highest BCUT2D eigenvalue weighted by atomic mass is 16.5. The van der Waals surface area contributed by atoms with Gasteiger partial charge in [-0.15, -0.1) is 0 Å². The molecule has 0 aromatic heterocycles. The third-order valence-electron chi connectivity index (χ3n) is 3.36. The highest BCUT2D eigenvalue weighted by Gasteiger charge is 2.18. The largest absolute Gasteiger partial charge is 0.380 e. The maximum Gasteiger partial charge on any atom is 0.0593 e. The van der Waals surface area contributed by atoms with Gasteiger partial charge in [0.05, 0.1) is 6.61 Å². The zero-order valence-electron chi connectivity index (χ0n) is 10.3. The van der Waals surface area contributed by atoms with Crippen LogP contribution in [0.3, 0.4) is 0 Å². The molecular weight excluding hydrogens is 212 g/mol. The van der Waals surface area contributed by atoms with Crippen molar-refractivity contribution in [3.05, 3.63) is 35.9 Å². The van der Waals surface area contributed by atoms with Gasteiger partial charge in [-0.2, -0.15) is 0 Å². The van der Waals surface area contributed by atoms with Gasteiger partial charge in [-0.25, -0.2) is 0 Å². The third-order valence-corrected chi connectivity index (χ3v) is 3.36. The lowest BCUT2D eigenvalue weighted by Crippen LogP contribution is -2.43. The summed E-state index contributed by atoms with van der Waals surface area (Å²) in [4.78, 5) is 2.47. The molecule has 2 N–H and O–H groups in total. The Labute approximate surface area is 104 Å². The monoisotopic (exact) mass is 234 g/mol. The van der Waals surface area contributed by atoms with Crippen molar-refractivity contribution in [3.8, 4) is 0 Å². The zero-order valence-corrected chi connectivity index (χ0v) is 10.3. The van der Waals surface area contributed by atoms with Crippen molar-refractivity contribution in [2.75, 3.05) is 32.8 Å². The Morgan fingerprint density at radius 1 is 1.18 bits per heavy atom. The average molecular weight is 234 g/mol. The first-order valence-corrected chi connectivity index (χ1v) is 6.46. The molecule has 3 heteroatoms. The van der Waals surface area contributed by atoms with E-state index in [2.05, 4.69) is 35.2 Å². The zero-order chi connectivity index (χ0) is 11.9. The summed E-state index contributed by atoms with van der Waals surface area (Å²) in [6, 6.07) is 11.0. The third kappa shape index (κ3) is 3.80. The van der Waals surface area contributed by atoms with Crippen LogP contribution < -0.4 is 5.73 Å². The average Bonchev–Trinajstić information content (AvgIpc) is 2.66. The molecule has 1 saturated heterocycles. The van der Waals surface area contributed by atoms with Gasteiger partial charge >= 0.3 is 0 Å². The molecule has 0 radical (unpaired) electrons. The molecule has 3 nitrogen and oxygen atoms in total. The first kappa shape index (κ1) is 12.6. The SMILES string of the molecule is NCC(Cc1ccccc1)N1CCCOCC1. The maximum atomic E-state index is 5.92. The lowest BCUT2D eigenvalue weighted by Gasteiger charge is -2.29. The van der Waals surface area contributed by atoms with Crippen molar-refractivity contribution in [2.45, 2.75) is 18.9 Å². The first-order chi connectivity index (χ1) is 8.40. The summed E-state index contributed by atoms with van der Waals surface area (Å²) in [6.07, 6.45) is 2.16. The Bertz CT molecular complexity index is 307. The molecule has 1 aromatic carbocycles. The van der Waals surface area contributed by atoms with Gasteiger partial charge in [-0.05, 0) is 18.4 Å². The quantitative estimate of drug-likeness (QED) is 0.853. The smallest absolute Gasteiger partial charge is 0.0593 e. The van der Waals surface area contributed by atoms with Crippen LogP contribution >= 0.6 is 0 Å². The minimum Gasteiger partial charge on any atom is -0.380 e. The molecule has 1 heterocycles. The van der Waals surface area contributed by atoms with Gasteiger partial charge in [-0.3, -0.25) is 4.90 Å². The van der Waals surface area contributed by atoms with Crippen LogP contribution in [0.4, 0.5) is 0 Å². The first-order valence-electron chi connectivity index (χ1n) is 6.46. The Morgan fingerprint density at radius 2 is 2.00 bits per heavy atom. The topological polar surface area (TPSA) is 38.5 Å². The van der Waals surface area contributed by atoms with Crippen LogP contribution in [0.2, 0.25) is 0 Å². The molecule has 0 saturated carbocycles. The Morgan fingerprint density at radius 3 is 2.76 bits per heavy atom. The standard InChI is InChI=1S/C14H22N2O/c15-12-14(11-13-5-2-1-3-6-13)16-7-4-9-17-10-8-16/h1-3,5-6,14H,4,7-12,15H2. The number of hydrogen-bond acceptors (Lipinski definition) is 3. The molecule has 1 aliphatic rings. The van der Waals surface area contributed by atoms with Crippen molar-refractivity contribution >= 4 is 0 Å². The van der Waals surface area contributed by atoms with Crippen LogP contribution in [0.15, 0.2) is 30.3 Å². The molecule has 1 fully saturated rings. The molecule has 0 aliphatic carbocycles. The van der Waals surface area contributed by atoms with Gasteiger partial charge < -0.3 is 10.5 Å². The number of ether oxygens (including phenoxy) is 1. The number of benzene rings is 1. The van der Waals surface area contributed by atoms with E-state index in [1.165, 1.54) is 5.56 Å². The molecule has 0 spiro atoms. The Hall–Kier alpha value is -0.900. The van der Waals surface area contributed by atoms with Crippen molar-refractivity contribution in [3.63, 3.8) is 0 Å². The highest BCUT2D eigenvalue weighted by Crippen LogP contribution is 2.10. The van der Waals surface area contributed by atoms with Gasteiger partial charge in [0.25, 0.3) is 0 Å². The van der Waals surface area contributed by atoms with Gasteiger partial charge in [0.2, 0.25) is 0 Å². The van der Waals surface area contributed by atoms with E-state index >= 15 is 0 Å². The molecule has 1 unspecified atom stereocenters. The van der Waals surface area contributed by atoms with Crippen LogP contribution in [-0.2, 0) is 11.2 Å². The highest BCUT2D eigenvalue weighted by molar-refractivity contribution is 5.16. The van der Waals surface area contributed by atoms with Gasteiger partial charge in [0, 0.05) is 32.3 Å². The molecule has 0 amide bonds. The van der Waals surface area contributed by atoms with Crippen LogP contribution in [0.1, 0.15) is 12.0 Å². The van der Waals surface area contributed by atoms with Crippen molar-refractivity contribution in [1.82, 2.24) is 4.90 Å². The molecule has 2 rings (SSSR count). The lowest BCUT2D eigenvalue weighted by atomic mass is 10.0. The van der Waals surface area contributed by atoms with Crippen molar-refractivity contribution in [1.29, 1.82) is 0 Å². The number of nitrogens with zero attached hydrogens (tertiary/aromatic N) is 1. The summed E-state index contributed by atoms with van der Waals surface area (Å²) in [5.41, 5.74) is 7.29. The molecule has 17 heavy (non-hydrogen) atoms. The van der Waals surface area contributed by atoms with E-state index in [4.69, 9.17) is 10.5 Å². The summed E-state index contributed by atoms with van der Waals surface area (Å²) in [6.45, 7) is 4.56. The van der Waals surface area contributed by atoms with Crippen LogP contribution in [0.25, 0.3) is 0 Å². The fourth-order valence-electron chi connectivity index (χ4n) is 2.38. The van der Waals surface area contributed by atoms with Crippen LogP contribution in [-0.4, -0.2) is 43.8 Å². The van der Waals surface area contributed by atoms with E-state index < -0.39 is 0 Å². The van der Waals surface area contributed by atoms with Gasteiger partial charge in [0.15, 0.2) is 0 Å². The van der Waals surface area contributed by atoms with Gasteiger partial charge in [-0.1, -0.05) is 30.3 Å². The fourth-order valence-corrected chi connectivity index (χ4v) is 2.38. The second-order valence-corrected chi connectivity index (χ2v) is 4.58. The van der Waals surface area contributed by atoms with E-state index in [1.54, 1.807) is 0 Å². The van der Waals surface area contributed by atoms with E-state index in [0.717, 1.165) is 45.7 Å². The minimum absolute atomic E-state index is 0.444. The maximum absolute atomic E-state index is 5.92. The summed E-state index contributed by atoms with van der Waals surface area (Å²) in [7, 11) is 0. The minimum atomic E-state index is 0.444. The van der Waals surface area contributed by atoms with E-state index in [1.807, 2.05) is 0 Å². The molecule has 1 aromatic rings. The van der Waals surface area contributed by atoms with Crippen molar-refractivity contribution < 1.29 is 4.74 Å². The van der Waals surface area contributed by atoms with E-state index in [-0.39, 0.29) is 0 Å². The predicted molar refractivity (Wildman–Crippen MR) is 70.0 cm³/mol. The van der Waals surface area contributed by atoms with Gasteiger partial charge in [0.1, 0.15) is 0 Å². The number of nitrogens with two attached hydrogens (primary N) is 1. The summed E-state index contributed by atoms with van der Waals surface area (Å²) < 4.78 is 5.49. The summed E-state index contributed by atoms with van der Waals surface area (Å²) in [5, 5.41) is 0. The Balaban J connectivity index is 1.95. The summed E-state index contributed by atoms with van der Waals surface area (Å²) in [5.74, 6) is 0. The Kier molecular flexibility index (Phi) is 4.98. The van der Waals surface area contributed by atoms with Crippen LogP contribution in [0, 0.1) is 0 Å². The molecule has 1 atom stereocenters. The second kappa shape index (κ2) is 6.74. The number of rotatable bonds is 4. The molecule has 0 bridgehead atoms. The number of hydrogen-bond donors (Lipinski definition) is 1. The van der Waals surface area contributed by atoms with Crippen molar-refractivity contribution in [2.24, 2.45) is 5.73 Å². The molecule has 1 aliphatic heterocycles. The second-order valence-electron chi connectivity index (χ2n) is 4.58. The molecular formula is C14H22N2O.